The number of hydrogen-bond acceptors (Lipinski definition) is 4. The summed E-state index contributed by atoms with van der Waals surface area (Å²) in [4.78, 5) is 9.31. The van der Waals surface area contributed by atoms with Gasteiger partial charge in [0.15, 0.2) is 0 Å². The fourth-order valence-electron chi connectivity index (χ4n) is 2.25. The highest BCUT2D eigenvalue weighted by Crippen LogP contribution is 2.25. The van der Waals surface area contributed by atoms with Crippen molar-refractivity contribution in [2.45, 2.75) is 53.5 Å². The maximum absolute atomic E-state index is 4.70. The number of anilines is 1. The molecule has 0 saturated heterocycles. The molecule has 5 nitrogen and oxygen atoms in total. The predicted octanol–water partition coefficient (Wildman–Crippen LogP) is 3.44. The summed E-state index contributed by atoms with van der Waals surface area (Å²) in [5.74, 6) is 1.82. The smallest absolute Gasteiger partial charge is 0.133 e. The zero-order chi connectivity index (χ0) is 15.2. The van der Waals surface area contributed by atoms with E-state index >= 15 is 0 Å². The maximum atomic E-state index is 4.70. The third-order valence-electron chi connectivity index (χ3n) is 3.41. The lowest BCUT2D eigenvalue weighted by atomic mass is 10.1. The summed E-state index contributed by atoms with van der Waals surface area (Å²) in [7, 11) is 0. The van der Waals surface area contributed by atoms with E-state index in [1.54, 1.807) is 0 Å². The van der Waals surface area contributed by atoms with Crippen molar-refractivity contribution in [1.82, 2.24) is 19.7 Å². The molecule has 0 atom stereocenters. The molecule has 0 aliphatic carbocycles. The van der Waals surface area contributed by atoms with Gasteiger partial charge in [0, 0.05) is 36.8 Å². The SMILES string of the molecule is CCCNc1nc(CC)nc(-c2cnn(CCC)c2)c1C. The molecule has 0 unspecified atom stereocenters. The van der Waals surface area contributed by atoms with Crippen molar-refractivity contribution in [2.24, 2.45) is 0 Å². The van der Waals surface area contributed by atoms with Crippen molar-refractivity contribution in [3.8, 4) is 11.3 Å². The van der Waals surface area contributed by atoms with Crippen LogP contribution in [0.4, 0.5) is 5.82 Å². The number of aromatic nitrogens is 4. The van der Waals surface area contributed by atoms with E-state index in [-0.39, 0.29) is 0 Å². The molecular weight excluding hydrogens is 262 g/mol. The lowest BCUT2D eigenvalue weighted by molar-refractivity contribution is 0.603. The normalized spacial score (nSPS) is 10.9. The molecule has 5 heteroatoms. The highest BCUT2D eigenvalue weighted by molar-refractivity contribution is 5.67. The van der Waals surface area contributed by atoms with Gasteiger partial charge in [0.2, 0.25) is 0 Å². The van der Waals surface area contributed by atoms with Gasteiger partial charge in [-0.25, -0.2) is 9.97 Å². The molecule has 0 aliphatic heterocycles. The molecule has 2 aromatic heterocycles. The molecule has 0 radical (unpaired) electrons. The summed E-state index contributed by atoms with van der Waals surface area (Å²) in [5, 5.41) is 7.81. The van der Waals surface area contributed by atoms with Crippen molar-refractivity contribution in [3.63, 3.8) is 0 Å². The molecule has 21 heavy (non-hydrogen) atoms. The molecule has 2 aromatic rings. The average Bonchev–Trinajstić information content (AvgIpc) is 2.95. The predicted molar refractivity (Wildman–Crippen MR) is 86.4 cm³/mol. The van der Waals surface area contributed by atoms with Crippen LogP contribution in [0, 0.1) is 6.92 Å². The molecule has 2 heterocycles. The first-order valence-electron chi connectivity index (χ1n) is 7.83. The second-order valence-electron chi connectivity index (χ2n) is 5.23. The van der Waals surface area contributed by atoms with Gasteiger partial charge in [0.25, 0.3) is 0 Å². The van der Waals surface area contributed by atoms with E-state index in [2.05, 4.69) is 49.3 Å². The summed E-state index contributed by atoms with van der Waals surface area (Å²) in [6.45, 7) is 10.3. The van der Waals surface area contributed by atoms with E-state index in [4.69, 9.17) is 4.98 Å². The Morgan fingerprint density at radius 3 is 2.62 bits per heavy atom. The summed E-state index contributed by atoms with van der Waals surface area (Å²) >= 11 is 0. The average molecular weight is 287 g/mol. The van der Waals surface area contributed by atoms with Gasteiger partial charge in [-0.05, 0) is 19.8 Å². The summed E-state index contributed by atoms with van der Waals surface area (Å²) in [6, 6.07) is 0. The second-order valence-corrected chi connectivity index (χ2v) is 5.23. The Morgan fingerprint density at radius 1 is 1.14 bits per heavy atom. The standard InChI is InChI=1S/C16H25N5/c1-5-8-17-16-12(4)15(19-14(7-3)20-16)13-10-18-21(11-13)9-6-2/h10-11H,5-9H2,1-4H3,(H,17,19,20). The minimum Gasteiger partial charge on any atom is -0.370 e. The second kappa shape index (κ2) is 7.20. The van der Waals surface area contributed by atoms with E-state index in [0.29, 0.717) is 0 Å². The largest absolute Gasteiger partial charge is 0.370 e. The number of rotatable bonds is 7. The Morgan fingerprint density at radius 2 is 1.95 bits per heavy atom. The number of nitrogens with one attached hydrogen (secondary N) is 1. The van der Waals surface area contributed by atoms with Crippen molar-refractivity contribution in [3.05, 3.63) is 23.8 Å². The van der Waals surface area contributed by atoms with Crippen molar-refractivity contribution in [2.75, 3.05) is 11.9 Å². The molecule has 0 spiro atoms. The molecule has 0 fully saturated rings. The van der Waals surface area contributed by atoms with Crippen LogP contribution >= 0.6 is 0 Å². The third kappa shape index (κ3) is 3.60. The first kappa shape index (κ1) is 15.5. The zero-order valence-electron chi connectivity index (χ0n) is 13.5. The Bertz CT molecular complexity index is 588. The van der Waals surface area contributed by atoms with Crippen LogP contribution in [0.2, 0.25) is 0 Å². The van der Waals surface area contributed by atoms with E-state index in [9.17, 15) is 0 Å². The van der Waals surface area contributed by atoms with Gasteiger partial charge in [0.05, 0.1) is 11.9 Å². The van der Waals surface area contributed by atoms with Crippen LogP contribution in [0.3, 0.4) is 0 Å². The highest BCUT2D eigenvalue weighted by Gasteiger charge is 2.13. The van der Waals surface area contributed by atoms with Crippen molar-refractivity contribution in [1.29, 1.82) is 0 Å². The zero-order valence-corrected chi connectivity index (χ0v) is 13.5. The summed E-state index contributed by atoms with van der Waals surface area (Å²) in [5.41, 5.74) is 3.15. The first-order chi connectivity index (χ1) is 10.2. The topological polar surface area (TPSA) is 55.6 Å². The van der Waals surface area contributed by atoms with Gasteiger partial charge in [-0.1, -0.05) is 20.8 Å². The molecule has 1 N–H and O–H groups in total. The van der Waals surface area contributed by atoms with Crippen LogP contribution in [-0.2, 0) is 13.0 Å². The van der Waals surface area contributed by atoms with E-state index in [0.717, 1.165) is 60.8 Å². The fraction of sp³-hybridized carbons (Fsp3) is 0.562. The molecule has 0 amide bonds. The van der Waals surface area contributed by atoms with E-state index < -0.39 is 0 Å². The van der Waals surface area contributed by atoms with Crippen LogP contribution in [0.5, 0.6) is 0 Å². The fourth-order valence-corrected chi connectivity index (χ4v) is 2.25. The van der Waals surface area contributed by atoms with Gasteiger partial charge in [-0.15, -0.1) is 0 Å². The van der Waals surface area contributed by atoms with E-state index in [1.165, 1.54) is 0 Å². The maximum Gasteiger partial charge on any atom is 0.133 e. The Labute approximate surface area is 126 Å². The van der Waals surface area contributed by atoms with Gasteiger partial charge >= 0.3 is 0 Å². The van der Waals surface area contributed by atoms with Crippen molar-refractivity contribution >= 4 is 5.82 Å². The van der Waals surface area contributed by atoms with Crippen LogP contribution in [0.25, 0.3) is 11.3 Å². The molecule has 0 bridgehead atoms. The summed E-state index contributed by atoms with van der Waals surface area (Å²) < 4.78 is 1.97. The minimum absolute atomic E-state index is 0.831. The van der Waals surface area contributed by atoms with Gasteiger partial charge < -0.3 is 5.32 Å². The lowest BCUT2D eigenvalue weighted by Gasteiger charge is -2.12. The Balaban J connectivity index is 2.40. The number of hydrogen-bond donors (Lipinski definition) is 1. The van der Waals surface area contributed by atoms with Gasteiger partial charge in [0.1, 0.15) is 11.6 Å². The molecule has 114 valence electrons. The minimum atomic E-state index is 0.831. The van der Waals surface area contributed by atoms with E-state index in [1.807, 2.05) is 10.9 Å². The molecule has 0 saturated carbocycles. The number of nitrogens with zero attached hydrogens (tertiary/aromatic N) is 4. The monoisotopic (exact) mass is 287 g/mol. The van der Waals surface area contributed by atoms with Crippen LogP contribution in [0.15, 0.2) is 12.4 Å². The molecule has 2 rings (SSSR count). The molecular formula is C16H25N5. The highest BCUT2D eigenvalue weighted by atomic mass is 15.3. The quantitative estimate of drug-likeness (QED) is 0.847. The van der Waals surface area contributed by atoms with Crippen molar-refractivity contribution < 1.29 is 0 Å². The number of aryl methyl sites for hydroxylation is 2. The van der Waals surface area contributed by atoms with Crippen LogP contribution in [0.1, 0.15) is 45.0 Å². The Hall–Kier alpha value is -1.91. The van der Waals surface area contributed by atoms with Gasteiger partial charge in [-0.3, -0.25) is 4.68 Å². The van der Waals surface area contributed by atoms with Crippen LogP contribution in [-0.4, -0.2) is 26.3 Å². The summed E-state index contributed by atoms with van der Waals surface area (Å²) in [6.07, 6.45) is 6.95. The lowest BCUT2D eigenvalue weighted by Crippen LogP contribution is -2.08. The van der Waals surface area contributed by atoms with Crippen LogP contribution < -0.4 is 5.32 Å². The first-order valence-corrected chi connectivity index (χ1v) is 7.83. The third-order valence-corrected chi connectivity index (χ3v) is 3.41. The molecule has 0 aliphatic rings. The molecule has 0 aromatic carbocycles. The van der Waals surface area contributed by atoms with Gasteiger partial charge in [-0.2, -0.15) is 5.10 Å². The Kier molecular flexibility index (Phi) is 5.31.